The van der Waals surface area contributed by atoms with Crippen LogP contribution in [-0.4, -0.2) is 15.7 Å². The second-order valence-electron chi connectivity index (χ2n) is 4.36. The molecule has 1 heterocycles. The average molecular weight is 296 g/mol. The van der Waals surface area contributed by atoms with E-state index < -0.39 is 27.8 Å². The van der Waals surface area contributed by atoms with Gasteiger partial charge in [0, 0.05) is 11.3 Å². The lowest BCUT2D eigenvalue weighted by Crippen LogP contribution is -2.13. The molecule has 1 atom stereocenters. The van der Waals surface area contributed by atoms with Crippen molar-refractivity contribution >= 4 is 27.6 Å². The summed E-state index contributed by atoms with van der Waals surface area (Å²) in [6.45, 7) is 4.42. The third-order valence-electron chi connectivity index (χ3n) is 2.99. The maximum atomic E-state index is 13.5. The Balaban J connectivity index is 2.98. The van der Waals surface area contributed by atoms with Gasteiger partial charge in [0.25, 0.3) is 0 Å². The molecule has 0 fully saturated rings. The van der Waals surface area contributed by atoms with Crippen LogP contribution in [0, 0.1) is 12.7 Å². The molecular weight excluding hydrogens is 283 g/mol. The molecule has 0 saturated carbocycles. The highest BCUT2D eigenvalue weighted by molar-refractivity contribution is 7.84. The third-order valence-corrected chi connectivity index (χ3v) is 4.32. The van der Waals surface area contributed by atoms with Crippen molar-refractivity contribution in [3.8, 4) is 0 Å². The number of hydrogen-bond acceptors (Lipinski definition) is 4. The fourth-order valence-electron chi connectivity index (χ4n) is 1.95. The van der Waals surface area contributed by atoms with E-state index in [-0.39, 0.29) is 32.9 Å². The Bertz CT molecular complexity index is 792. The Labute approximate surface area is 117 Å². The lowest BCUT2D eigenvalue weighted by Gasteiger charge is -2.08. The van der Waals surface area contributed by atoms with Crippen LogP contribution in [0.15, 0.2) is 26.4 Å². The molecule has 0 aliphatic carbocycles. The first kappa shape index (κ1) is 14.6. The molecule has 1 unspecified atom stereocenters. The molecule has 0 amide bonds. The first-order valence-electron chi connectivity index (χ1n) is 6.03. The molecule has 6 heteroatoms. The van der Waals surface area contributed by atoms with Gasteiger partial charge >= 0.3 is 0 Å². The summed E-state index contributed by atoms with van der Waals surface area (Å²) in [7, 11) is -1.47. The van der Waals surface area contributed by atoms with Gasteiger partial charge in [-0.2, -0.15) is 0 Å². The van der Waals surface area contributed by atoms with Crippen molar-refractivity contribution in [1.82, 2.24) is 0 Å². The number of rotatable bonds is 3. The van der Waals surface area contributed by atoms with Gasteiger partial charge in [0.15, 0.2) is 21.9 Å². The monoisotopic (exact) mass is 296 g/mol. The lowest BCUT2D eigenvalue weighted by atomic mass is 10.1. The fraction of sp³-hybridized carbons (Fsp3) is 0.286. The second kappa shape index (κ2) is 5.28. The van der Waals surface area contributed by atoms with Gasteiger partial charge in [0.05, 0.1) is 21.7 Å². The summed E-state index contributed by atoms with van der Waals surface area (Å²) in [5, 5.41) is 0.0312. The maximum absolute atomic E-state index is 13.5. The van der Waals surface area contributed by atoms with E-state index in [2.05, 4.69) is 0 Å². The summed E-state index contributed by atoms with van der Waals surface area (Å²) in [5.41, 5.74) is -0.319. The van der Waals surface area contributed by atoms with Gasteiger partial charge in [-0.25, -0.2) is 4.39 Å². The summed E-state index contributed by atoms with van der Waals surface area (Å²) in [4.78, 5) is 23.8. The molecule has 0 N–H and O–H groups in total. The highest BCUT2D eigenvalue weighted by Gasteiger charge is 2.19. The summed E-state index contributed by atoms with van der Waals surface area (Å²) >= 11 is 0. The Kier molecular flexibility index (Phi) is 3.85. The van der Waals surface area contributed by atoms with Crippen LogP contribution in [0.1, 0.15) is 29.8 Å². The lowest BCUT2D eigenvalue weighted by molar-refractivity contribution is 0.101. The van der Waals surface area contributed by atoms with E-state index in [1.54, 1.807) is 6.92 Å². The van der Waals surface area contributed by atoms with Crippen molar-refractivity contribution in [3.63, 3.8) is 0 Å². The van der Waals surface area contributed by atoms with Crippen LogP contribution in [-0.2, 0) is 10.8 Å². The number of ketones is 1. The van der Waals surface area contributed by atoms with E-state index in [1.807, 2.05) is 0 Å². The fourth-order valence-corrected chi connectivity index (χ4v) is 2.82. The number of halogens is 1. The zero-order valence-electron chi connectivity index (χ0n) is 11.3. The summed E-state index contributed by atoms with van der Waals surface area (Å²) in [5.74, 6) is -0.820. The molecular formula is C14H13FO4S. The van der Waals surface area contributed by atoms with Crippen LogP contribution >= 0.6 is 0 Å². The predicted molar refractivity (Wildman–Crippen MR) is 74.1 cm³/mol. The summed E-state index contributed by atoms with van der Waals surface area (Å²) in [6, 6.07) is 2.04. The Hall–Kier alpha value is -1.82. The van der Waals surface area contributed by atoms with Crippen LogP contribution in [0.3, 0.4) is 0 Å². The summed E-state index contributed by atoms with van der Waals surface area (Å²) < 4.78 is 30.9. The number of carbonyl (C=O) groups is 1. The molecule has 2 aromatic rings. The smallest absolute Gasteiger partial charge is 0.197 e. The average Bonchev–Trinajstić information content (AvgIpc) is 2.41. The SMILES string of the molecule is CCS(=O)c1oc2c(C(C)=O)cc(F)cc2c(=O)c1C. The molecule has 1 aromatic heterocycles. The minimum atomic E-state index is -1.47. The normalized spacial score (nSPS) is 12.6. The zero-order valence-corrected chi connectivity index (χ0v) is 12.1. The number of Topliss-reactive ketones (excluding diaryl/α,β-unsaturated/α-hetero) is 1. The Morgan fingerprint density at radius 2 is 2.05 bits per heavy atom. The molecule has 20 heavy (non-hydrogen) atoms. The number of fused-ring (bicyclic) bond motifs is 1. The standard InChI is InChI=1S/C14H13FO4S/c1-4-20(18)14-7(2)12(17)11-6-9(15)5-10(8(3)16)13(11)19-14/h5-6H,4H2,1-3H3. The van der Waals surface area contributed by atoms with E-state index in [4.69, 9.17) is 4.42 Å². The van der Waals surface area contributed by atoms with E-state index in [9.17, 15) is 18.2 Å². The topological polar surface area (TPSA) is 64.3 Å². The Morgan fingerprint density at radius 1 is 1.40 bits per heavy atom. The zero-order chi connectivity index (χ0) is 15.0. The van der Waals surface area contributed by atoms with E-state index in [0.717, 1.165) is 12.1 Å². The number of hydrogen-bond donors (Lipinski definition) is 0. The molecule has 1 aromatic carbocycles. The predicted octanol–water partition coefficient (Wildman–Crippen LogP) is 2.57. The first-order valence-corrected chi connectivity index (χ1v) is 7.35. The molecule has 2 rings (SSSR count). The molecule has 0 bridgehead atoms. The molecule has 0 aliphatic rings. The quantitative estimate of drug-likeness (QED) is 0.817. The number of benzene rings is 1. The number of carbonyl (C=O) groups excluding carboxylic acids is 1. The Morgan fingerprint density at radius 3 is 2.60 bits per heavy atom. The van der Waals surface area contributed by atoms with Gasteiger partial charge in [-0.05, 0) is 26.0 Å². The van der Waals surface area contributed by atoms with E-state index in [1.165, 1.54) is 13.8 Å². The van der Waals surface area contributed by atoms with E-state index in [0.29, 0.717) is 0 Å². The van der Waals surface area contributed by atoms with Crippen LogP contribution in [0.25, 0.3) is 11.0 Å². The minimum Gasteiger partial charge on any atom is -0.446 e. The van der Waals surface area contributed by atoms with Crippen molar-refractivity contribution in [3.05, 3.63) is 39.3 Å². The molecule has 106 valence electrons. The van der Waals surface area contributed by atoms with Crippen molar-refractivity contribution in [2.24, 2.45) is 0 Å². The summed E-state index contributed by atoms with van der Waals surface area (Å²) in [6.07, 6.45) is 0. The van der Waals surface area contributed by atoms with Crippen molar-refractivity contribution in [2.45, 2.75) is 25.9 Å². The van der Waals surface area contributed by atoms with Crippen molar-refractivity contribution in [1.29, 1.82) is 0 Å². The van der Waals surface area contributed by atoms with Crippen LogP contribution < -0.4 is 5.43 Å². The van der Waals surface area contributed by atoms with Gasteiger partial charge in [-0.15, -0.1) is 0 Å². The van der Waals surface area contributed by atoms with E-state index >= 15 is 0 Å². The van der Waals surface area contributed by atoms with Crippen LogP contribution in [0.2, 0.25) is 0 Å². The largest absolute Gasteiger partial charge is 0.446 e. The minimum absolute atomic E-state index is 0.00806. The van der Waals surface area contributed by atoms with Gasteiger partial charge in [0.1, 0.15) is 5.82 Å². The van der Waals surface area contributed by atoms with Crippen molar-refractivity contribution < 1.29 is 17.8 Å². The molecule has 4 nitrogen and oxygen atoms in total. The van der Waals surface area contributed by atoms with Crippen molar-refractivity contribution in [2.75, 3.05) is 5.75 Å². The first-order chi connectivity index (χ1) is 9.36. The maximum Gasteiger partial charge on any atom is 0.197 e. The highest BCUT2D eigenvalue weighted by Crippen LogP contribution is 2.23. The molecule has 0 radical (unpaired) electrons. The third kappa shape index (κ3) is 2.31. The van der Waals surface area contributed by atoms with Gasteiger partial charge in [0.2, 0.25) is 0 Å². The van der Waals surface area contributed by atoms with Gasteiger partial charge < -0.3 is 4.42 Å². The van der Waals surface area contributed by atoms with Crippen LogP contribution in [0.4, 0.5) is 4.39 Å². The van der Waals surface area contributed by atoms with Gasteiger partial charge in [-0.3, -0.25) is 13.8 Å². The second-order valence-corrected chi connectivity index (χ2v) is 6.00. The molecule has 0 spiro atoms. The molecule has 0 saturated heterocycles. The molecule has 0 aliphatic heterocycles. The van der Waals surface area contributed by atoms with Gasteiger partial charge in [-0.1, -0.05) is 6.92 Å². The highest BCUT2D eigenvalue weighted by atomic mass is 32.2. The van der Waals surface area contributed by atoms with Crippen LogP contribution in [0.5, 0.6) is 0 Å².